The van der Waals surface area contributed by atoms with Crippen LogP contribution in [0.3, 0.4) is 0 Å². The van der Waals surface area contributed by atoms with Crippen molar-refractivity contribution in [3.8, 4) is 0 Å². The van der Waals surface area contributed by atoms with Crippen molar-refractivity contribution in [2.45, 2.75) is 20.0 Å². The minimum Gasteiger partial charge on any atom is -0.467 e. The Morgan fingerprint density at radius 1 is 1.38 bits per heavy atom. The molecule has 0 aliphatic carbocycles. The van der Waals surface area contributed by atoms with Crippen molar-refractivity contribution in [1.29, 1.82) is 0 Å². The Bertz CT molecular complexity index is 599. The van der Waals surface area contributed by atoms with Gasteiger partial charge in [-0.2, -0.15) is 0 Å². The summed E-state index contributed by atoms with van der Waals surface area (Å²) < 4.78 is 5.21. The number of hydrogen-bond acceptors (Lipinski definition) is 3. The van der Waals surface area contributed by atoms with Crippen LogP contribution in [0.5, 0.6) is 0 Å². The molecule has 2 rings (SSSR count). The largest absolute Gasteiger partial charge is 0.467 e. The van der Waals surface area contributed by atoms with E-state index in [0.29, 0.717) is 29.4 Å². The first kappa shape index (κ1) is 17.6. The zero-order chi connectivity index (χ0) is 14.5. The number of hydrogen-bond donors (Lipinski definition) is 1. The van der Waals surface area contributed by atoms with Crippen molar-refractivity contribution in [1.82, 2.24) is 4.90 Å². The highest BCUT2D eigenvalue weighted by molar-refractivity contribution is 6.30. The van der Waals surface area contributed by atoms with Crippen LogP contribution in [0.4, 0.5) is 0 Å². The molecular weight excluding hydrogens is 311 g/mol. The van der Waals surface area contributed by atoms with E-state index in [9.17, 15) is 4.79 Å². The van der Waals surface area contributed by atoms with Crippen molar-refractivity contribution < 1.29 is 9.21 Å². The van der Waals surface area contributed by atoms with E-state index in [2.05, 4.69) is 0 Å². The van der Waals surface area contributed by atoms with Gasteiger partial charge >= 0.3 is 0 Å². The second-order valence-electron chi connectivity index (χ2n) is 4.46. The molecular formula is C15H18Cl2N2O2. The monoisotopic (exact) mass is 328 g/mol. The Labute approximate surface area is 135 Å². The maximum atomic E-state index is 12.4. The van der Waals surface area contributed by atoms with Gasteiger partial charge in [0.25, 0.3) is 5.91 Å². The Hall–Kier alpha value is -1.49. The molecule has 0 radical (unpaired) electrons. The summed E-state index contributed by atoms with van der Waals surface area (Å²) in [6, 6.07) is 9.18. The molecule has 0 bridgehead atoms. The molecule has 2 N–H and O–H groups in total. The molecule has 1 aromatic heterocycles. The third kappa shape index (κ3) is 4.49. The summed E-state index contributed by atoms with van der Waals surface area (Å²) in [6.07, 6.45) is 1.45. The van der Waals surface area contributed by atoms with Gasteiger partial charge in [0, 0.05) is 18.1 Å². The highest BCUT2D eigenvalue weighted by atomic mass is 35.5. The van der Waals surface area contributed by atoms with Gasteiger partial charge in [-0.05, 0) is 30.7 Å². The van der Waals surface area contributed by atoms with Gasteiger partial charge in [0.15, 0.2) is 0 Å². The second-order valence-corrected chi connectivity index (χ2v) is 4.89. The number of nitrogens with zero attached hydrogens (tertiary/aromatic N) is 1. The van der Waals surface area contributed by atoms with Crippen LogP contribution >= 0.6 is 24.0 Å². The van der Waals surface area contributed by atoms with Crippen molar-refractivity contribution in [3.63, 3.8) is 0 Å². The van der Waals surface area contributed by atoms with Crippen LogP contribution in [0.2, 0.25) is 5.02 Å². The summed E-state index contributed by atoms with van der Waals surface area (Å²) in [5.41, 5.74) is 7.00. The third-order valence-corrected chi connectivity index (χ3v) is 3.27. The van der Waals surface area contributed by atoms with Gasteiger partial charge < -0.3 is 15.1 Å². The Balaban J connectivity index is 0.00000220. The minimum atomic E-state index is -0.0732. The van der Waals surface area contributed by atoms with E-state index in [-0.39, 0.29) is 24.9 Å². The van der Waals surface area contributed by atoms with Crippen LogP contribution < -0.4 is 5.73 Å². The molecule has 1 aromatic carbocycles. The Morgan fingerprint density at radius 2 is 2.14 bits per heavy atom. The van der Waals surface area contributed by atoms with E-state index in [1.54, 1.807) is 11.0 Å². The molecule has 0 spiro atoms. The number of carbonyl (C=O) groups is 1. The van der Waals surface area contributed by atoms with Crippen LogP contribution in [0, 0.1) is 0 Å². The van der Waals surface area contributed by atoms with Gasteiger partial charge in [-0.25, -0.2) is 0 Å². The van der Waals surface area contributed by atoms with E-state index < -0.39 is 0 Å². The first-order valence-electron chi connectivity index (χ1n) is 6.45. The number of amides is 1. The van der Waals surface area contributed by atoms with Gasteiger partial charge in [-0.15, -0.1) is 12.4 Å². The minimum absolute atomic E-state index is 0. The van der Waals surface area contributed by atoms with Crippen LogP contribution in [0.15, 0.2) is 41.0 Å². The standard InChI is InChI=1S/C15H17ClN2O2.ClH/c1-2-18(9-11-4-3-5-13(16)6-11)15(19)12-7-14(8-17)20-10-12;/h3-7,10H,2,8-9,17H2,1H3;1H. The fourth-order valence-electron chi connectivity index (χ4n) is 1.97. The van der Waals surface area contributed by atoms with Gasteiger partial charge in [0.2, 0.25) is 0 Å². The predicted octanol–water partition coefficient (Wildman–Crippen LogP) is 3.48. The summed E-state index contributed by atoms with van der Waals surface area (Å²) >= 11 is 5.96. The van der Waals surface area contributed by atoms with E-state index in [4.69, 9.17) is 21.8 Å². The zero-order valence-electron chi connectivity index (χ0n) is 11.7. The van der Waals surface area contributed by atoms with E-state index in [0.717, 1.165) is 5.56 Å². The SMILES string of the molecule is CCN(Cc1cccc(Cl)c1)C(=O)c1coc(CN)c1.Cl. The number of nitrogens with two attached hydrogens (primary N) is 1. The average molecular weight is 329 g/mol. The number of furan rings is 1. The van der Waals surface area contributed by atoms with Crippen molar-refractivity contribution in [2.24, 2.45) is 5.73 Å². The lowest BCUT2D eigenvalue weighted by Gasteiger charge is -2.20. The summed E-state index contributed by atoms with van der Waals surface area (Å²) in [6.45, 7) is 3.34. The average Bonchev–Trinajstić information content (AvgIpc) is 2.93. The van der Waals surface area contributed by atoms with Crippen LogP contribution in [0.1, 0.15) is 28.6 Å². The third-order valence-electron chi connectivity index (χ3n) is 3.03. The van der Waals surface area contributed by atoms with Gasteiger partial charge in [-0.1, -0.05) is 23.7 Å². The first-order valence-corrected chi connectivity index (χ1v) is 6.83. The maximum Gasteiger partial charge on any atom is 0.257 e. The molecule has 0 aliphatic heterocycles. The lowest BCUT2D eigenvalue weighted by molar-refractivity contribution is 0.0752. The summed E-state index contributed by atoms with van der Waals surface area (Å²) in [4.78, 5) is 14.1. The number of benzene rings is 1. The molecule has 114 valence electrons. The van der Waals surface area contributed by atoms with Crippen LogP contribution in [0.25, 0.3) is 0 Å². The topological polar surface area (TPSA) is 59.5 Å². The predicted molar refractivity (Wildman–Crippen MR) is 85.7 cm³/mol. The Kier molecular flexibility index (Phi) is 6.75. The highest BCUT2D eigenvalue weighted by Gasteiger charge is 2.17. The van der Waals surface area contributed by atoms with Gasteiger partial charge in [0.05, 0.1) is 12.1 Å². The lowest BCUT2D eigenvalue weighted by Crippen LogP contribution is -2.30. The molecule has 0 saturated heterocycles. The van der Waals surface area contributed by atoms with E-state index >= 15 is 0 Å². The molecule has 2 aromatic rings. The van der Waals surface area contributed by atoms with Gasteiger partial charge in [-0.3, -0.25) is 4.79 Å². The summed E-state index contributed by atoms with van der Waals surface area (Å²) in [5.74, 6) is 0.531. The highest BCUT2D eigenvalue weighted by Crippen LogP contribution is 2.15. The number of halogens is 2. The van der Waals surface area contributed by atoms with Crippen molar-refractivity contribution in [3.05, 3.63) is 58.5 Å². The van der Waals surface area contributed by atoms with Crippen molar-refractivity contribution in [2.75, 3.05) is 6.54 Å². The Morgan fingerprint density at radius 3 is 2.71 bits per heavy atom. The maximum absolute atomic E-state index is 12.4. The zero-order valence-corrected chi connectivity index (χ0v) is 13.3. The number of rotatable bonds is 5. The van der Waals surface area contributed by atoms with Gasteiger partial charge in [0.1, 0.15) is 12.0 Å². The molecule has 0 fully saturated rings. The summed E-state index contributed by atoms with van der Waals surface area (Å²) in [5, 5.41) is 0.666. The molecule has 0 aliphatic rings. The first-order chi connectivity index (χ1) is 9.63. The van der Waals surface area contributed by atoms with E-state index in [1.807, 2.05) is 31.2 Å². The fourth-order valence-corrected chi connectivity index (χ4v) is 2.18. The smallest absolute Gasteiger partial charge is 0.257 e. The van der Waals surface area contributed by atoms with Crippen molar-refractivity contribution >= 4 is 29.9 Å². The number of carbonyl (C=O) groups excluding carboxylic acids is 1. The van der Waals surface area contributed by atoms with Crippen LogP contribution in [-0.4, -0.2) is 17.4 Å². The molecule has 4 nitrogen and oxygen atoms in total. The lowest BCUT2D eigenvalue weighted by atomic mass is 10.2. The summed E-state index contributed by atoms with van der Waals surface area (Å²) in [7, 11) is 0. The quantitative estimate of drug-likeness (QED) is 0.914. The molecule has 1 heterocycles. The normalized spacial score (nSPS) is 10.0. The van der Waals surface area contributed by atoms with E-state index in [1.165, 1.54) is 6.26 Å². The molecule has 6 heteroatoms. The molecule has 1 amide bonds. The van der Waals surface area contributed by atoms with Crippen LogP contribution in [-0.2, 0) is 13.1 Å². The second kappa shape index (κ2) is 8.08. The molecule has 0 saturated carbocycles. The molecule has 21 heavy (non-hydrogen) atoms. The molecule has 0 atom stereocenters. The molecule has 0 unspecified atom stereocenters. The fraction of sp³-hybridized carbons (Fsp3) is 0.267.